The van der Waals surface area contributed by atoms with Gasteiger partial charge in [0, 0.05) is 6.04 Å². The Bertz CT molecular complexity index is 323. The van der Waals surface area contributed by atoms with E-state index in [1.165, 1.54) is 12.8 Å². The van der Waals surface area contributed by atoms with Crippen LogP contribution in [0, 0.1) is 5.92 Å². The van der Waals surface area contributed by atoms with Crippen molar-refractivity contribution in [2.45, 2.75) is 25.3 Å². The van der Waals surface area contributed by atoms with E-state index in [0.717, 1.165) is 32.0 Å². The van der Waals surface area contributed by atoms with E-state index in [1.54, 1.807) is 0 Å². The molecule has 0 aliphatic carbocycles. The summed E-state index contributed by atoms with van der Waals surface area (Å²) in [6.45, 7) is 3.32. The molecule has 2 rings (SSSR count). The molecule has 2 unspecified atom stereocenters. The van der Waals surface area contributed by atoms with E-state index in [-0.39, 0.29) is 6.04 Å². The van der Waals surface area contributed by atoms with Gasteiger partial charge in [-0.15, -0.1) is 0 Å². The Balaban J connectivity index is 1.73. The smallest absolute Gasteiger partial charge is 0.151 e. The van der Waals surface area contributed by atoms with Crippen LogP contribution >= 0.6 is 0 Å². The normalized spacial score (nSPS) is 33.6. The molecule has 0 spiro atoms. The second-order valence-electron chi connectivity index (χ2n) is 5.18. The SMILES string of the molecule is CN(CCC1CCNC1)C1CCS(=O)(=O)C1. The number of hydrogen-bond acceptors (Lipinski definition) is 4. The number of nitrogens with zero attached hydrogens (tertiary/aromatic N) is 1. The van der Waals surface area contributed by atoms with Crippen LogP contribution in [0.4, 0.5) is 0 Å². The minimum absolute atomic E-state index is 0.263. The third kappa shape index (κ3) is 3.18. The highest BCUT2D eigenvalue weighted by atomic mass is 32.2. The number of hydrogen-bond donors (Lipinski definition) is 1. The summed E-state index contributed by atoms with van der Waals surface area (Å²) in [5, 5.41) is 3.36. The third-order valence-electron chi connectivity index (χ3n) is 3.88. The molecule has 16 heavy (non-hydrogen) atoms. The van der Waals surface area contributed by atoms with Crippen LogP contribution in [0.25, 0.3) is 0 Å². The van der Waals surface area contributed by atoms with E-state index < -0.39 is 9.84 Å². The fraction of sp³-hybridized carbons (Fsp3) is 1.00. The van der Waals surface area contributed by atoms with Gasteiger partial charge in [-0.2, -0.15) is 0 Å². The summed E-state index contributed by atoms with van der Waals surface area (Å²) >= 11 is 0. The topological polar surface area (TPSA) is 49.4 Å². The van der Waals surface area contributed by atoms with E-state index in [4.69, 9.17) is 0 Å². The Labute approximate surface area is 98.3 Å². The zero-order valence-electron chi connectivity index (χ0n) is 9.98. The molecule has 2 aliphatic heterocycles. The molecule has 94 valence electrons. The van der Waals surface area contributed by atoms with Crippen molar-refractivity contribution >= 4 is 9.84 Å². The van der Waals surface area contributed by atoms with Crippen LogP contribution < -0.4 is 5.32 Å². The van der Waals surface area contributed by atoms with Crippen LogP contribution in [0.5, 0.6) is 0 Å². The van der Waals surface area contributed by atoms with Crippen LogP contribution in [-0.4, -0.2) is 57.5 Å². The summed E-state index contributed by atoms with van der Waals surface area (Å²) in [6, 6.07) is 0.263. The second-order valence-corrected chi connectivity index (χ2v) is 7.41. The van der Waals surface area contributed by atoms with Gasteiger partial charge < -0.3 is 10.2 Å². The summed E-state index contributed by atoms with van der Waals surface area (Å²) in [5.41, 5.74) is 0. The molecular weight excluding hydrogens is 224 g/mol. The molecule has 2 atom stereocenters. The molecule has 1 N–H and O–H groups in total. The first-order valence-corrected chi connectivity index (χ1v) is 8.00. The molecule has 0 bridgehead atoms. The molecule has 2 fully saturated rings. The van der Waals surface area contributed by atoms with E-state index in [0.29, 0.717) is 11.5 Å². The van der Waals surface area contributed by atoms with Crippen molar-refractivity contribution in [3.05, 3.63) is 0 Å². The third-order valence-corrected chi connectivity index (χ3v) is 5.63. The molecule has 2 heterocycles. The first-order valence-electron chi connectivity index (χ1n) is 6.18. The summed E-state index contributed by atoms with van der Waals surface area (Å²) in [4.78, 5) is 2.24. The minimum atomic E-state index is -2.73. The molecule has 0 aromatic heterocycles. The predicted molar refractivity (Wildman–Crippen MR) is 65.3 cm³/mol. The zero-order valence-corrected chi connectivity index (χ0v) is 10.8. The minimum Gasteiger partial charge on any atom is -0.316 e. The van der Waals surface area contributed by atoms with Crippen molar-refractivity contribution in [1.29, 1.82) is 0 Å². The fourth-order valence-corrected chi connectivity index (χ4v) is 4.46. The highest BCUT2D eigenvalue weighted by Crippen LogP contribution is 2.18. The Morgan fingerprint density at radius 2 is 2.19 bits per heavy atom. The molecule has 5 heteroatoms. The molecule has 0 amide bonds. The Morgan fingerprint density at radius 1 is 1.38 bits per heavy atom. The van der Waals surface area contributed by atoms with Gasteiger partial charge in [-0.3, -0.25) is 0 Å². The van der Waals surface area contributed by atoms with Gasteiger partial charge >= 0.3 is 0 Å². The van der Waals surface area contributed by atoms with E-state index in [2.05, 4.69) is 17.3 Å². The van der Waals surface area contributed by atoms with Crippen LogP contribution in [0.1, 0.15) is 19.3 Å². The molecule has 0 saturated carbocycles. The molecule has 0 aromatic carbocycles. The number of sulfone groups is 1. The average molecular weight is 246 g/mol. The summed E-state index contributed by atoms with van der Waals surface area (Å²) in [5.74, 6) is 1.54. The molecule has 0 aromatic rings. The fourth-order valence-electron chi connectivity index (χ4n) is 2.65. The molecule has 4 nitrogen and oxygen atoms in total. The Kier molecular flexibility index (Phi) is 3.87. The van der Waals surface area contributed by atoms with Gasteiger partial charge in [-0.25, -0.2) is 8.42 Å². The standard InChI is InChI=1S/C11H22N2O2S/c1-13(6-3-10-2-5-12-8-10)11-4-7-16(14,15)9-11/h10-12H,2-9H2,1H3. The summed E-state index contributed by atoms with van der Waals surface area (Å²) < 4.78 is 22.7. The lowest BCUT2D eigenvalue weighted by Crippen LogP contribution is -2.34. The lowest BCUT2D eigenvalue weighted by atomic mass is 10.0. The maximum absolute atomic E-state index is 11.4. The maximum Gasteiger partial charge on any atom is 0.151 e. The van der Waals surface area contributed by atoms with Crippen molar-refractivity contribution < 1.29 is 8.42 Å². The summed E-state index contributed by atoms with van der Waals surface area (Å²) in [6.07, 6.45) is 3.29. The van der Waals surface area contributed by atoms with E-state index in [1.807, 2.05) is 0 Å². The molecular formula is C11H22N2O2S. The van der Waals surface area contributed by atoms with Gasteiger partial charge in [0.25, 0.3) is 0 Å². The highest BCUT2D eigenvalue weighted by molar-refractivity contribution is 7.91. The monoisotopic (exact) mass is 246 g/mol. The number of rotatable bonds is 4. The van der Waals surface area contributed by atoms with Gasteiger partial charge in [0.2, 0.25) is 0 Å². The van der Waals surface area contributed by atoms with Gasteiger partial charge in [0.05, 0.1) is 11.5 Å². The lowest BCUT2D eigenvalue weighted by Gasteiger charge is -2.24. The van der Waals surface area contributed by atoms with Crippen LogP contribution in [0.2, 0.25) is 0 Å². The molecule has 2 saturated heterocycles. The van der Waals surface area contributed by atoms with Crippen molar-refractivity contribution in [2.75, 3.05) is 38.2 Å². The first kappa shape index (κ1) is 12.3. The van der Waals surface area contributed by atoms with Crippen molar-refractivity contribution in [3.8, 4) is 0 Å². The summed E-state index contributed by atoms with van der Waals surface area (Å²) in [7, 11) is -0.668. The average Bonchev–Trinajstić information content (AvgIpc) is 2.83. The van der Waals surface area contributed by atoms with Crippen LogP contribution in [0.15, 0.2) is 0 Å². The van der Waals surface area contributed by atoms with Gasteiger partial charge in [-0.1, -0.05) is 0 Å². The number of nitrogens with one attached hydrogen (secondary N) is 1. The van der Waals surface area contributed by atoms with Gasteiger partial charge in [0.1, 0.15) is 0 Å². The predicted octanol–water partition coefficient (Wildman–Crippen LogP) is 0.105. The highest BCUT2D eigenvalue weighted by Gasteiger charge is 2.30. The molecule has 0 radical (unpaired) electrons. The Morgan fingerprint density at radius 3 is 2.75 bits per heavy atom. The largest absolute Gasteiger partial charge is 0.316 e. The maximum atomic E-state index is 11.4. The second kappa shape index (κ2) is 5.02. The van der Waals surface area contributed by atoms with E-state index >= 15 is 0 Å². The molecule has 2 aliphatic rings. The first-order chi connectivity index (χ1) is 7.57. The quantitative estimate of drug-likeness (QED) is 0.764. The van der Waals surface area contributed by atoms with Crippen molar-refractivity contribution in [3.63, 3.8) is 0 Å². The van der Waals surface area contributed by atoms with Crippen LogP contribution in [0.3, 0.4) is 0 Å². The van der Waals surface area contributed by atoms with Gasteiger partial charge in [0.15, 0.2) is 9.84 Å². The van der Waals surface area contributed by atoms with Crippen LogP contribution in [-0.2, 0) is 9.84 Å². The van der Waals surface area contributed by atoms with Crippen molar-refractivity contribution in [2.24, 2.45) is 5.92 Å². The Hall–Kier alpha value is -0.130. The zero-order chi connectivity index (χ0) is 11.6. The lowest BCUT2D eigenvalue weighted by molar-refractivity contribution is 0.244. The van der Waals surface area contributed by atoms with Gasteiger partial charge in [-0.05, 0) is 51.9 Å². The van der Waals surface area contributed by atoms with E-state index in [9.17, 15) is 8.42 Å². The van der Waals surface area contributed by atoms with Crippen molar-refractivity contribution in [1.82, 2.24) is 10.2 Å².